The lowest BCUT2D eigenvalue weighted by Gasteiger charge is -2.61. The molecule has 0 aromatic heterocycles. The highest BCUT2D eigenvalue weighted by Crippen LogP contribution is 2.62. The molecule has 0 unspecified atom stereocenters. The van der Waals surface area contributed by atoms with E-state index in [-0.39, 0.29) is 22.8 Å². The molecule has 0 heterocycles. The third-order valence-electron chi connectivity index (χ3n) is 7.17. The highest BCUT2D eigenvalue weighted by atomic mass is 16.5. The number of rotatable bonds is 6. The molecule has 5 rings (SSSR count). The predicted octanol–water partition coefficient (Wildman–Crippen LogP) is 3.14. The summed E-state index contributed by atoms with van der Waals surface area (Å²) in [5, 5.41) is 3.24. The van der Waals surface area contributed by atoms with Crippen molar-refractivity contribution < 1.29 is 19.1 Å². The van der Waals surface area contributed by atoms with Crippen molar-refractivity contribution in [2.75, 3.05) is 21.3 Å². The van der Waals surface area contributed by atoms with Gasteiger partial charge in [0.05, 0.1) is 19.6 Å². The van der Waals surface area contributed by atoms with Crippen LogP contribution in [0.5, 0.6) is 11.5 Å². The van der Waals surface area contributed by atoms with Gasteiger partial charge in [0.15, 0.2) is 11.5 Å². The molecule has 1 aromatic rings. The average Bonchev–Trinajstić information content (AvgIpc) is 2.65. The van der Waals surface area contributed by atoms with Gasteiger partial charge < -0.3 is 19.7 Å². The number of nitrogens with one attached hydrogen (secondary N) is 1. The normalized spacial score (nSPS) is 32.0. The van der Waals surface area contributed by atoms with Gasteiger partial charge in [-0.1, -0.05) is 6.07 Å². The van der Waals surface area contributed by atoms with Crippen LogP contribution >= 0.6 is 0 Å². The van der Waals surface area contributed by atoms with Crippen molar-refractivity contribution in [2.24, 2.45) is 17.3 Å². The topological polar surface area (TPSA) is 67.9 Å². The Balaban J connectivity index is 1.53. The van der Waals surface area contributed by atoms with Crippen LogP contribution in [0.15, 0.2) is 18.2 Å². The number of carbonyl (C=O) groups is 2. The molecular formula is C23H32N2O4. The van der Waals surface area contributed by atoms with Crippen LogP contribution in [0.4, 0.5) is 0 Å². The van der Waals surface area contributed by atoms with Gasteiger partial charge in [-0.15, -0.1) is 0 Å². The summed E-state index contributed by atoms with van der Waals surface area (Å²) < 4.78 is 10.7. The van der Waals surface area contributed by atoms with Gasteiger partial charge in [-0.3, -0.25) is 9.59 Å². The van der Waals surface area contributed by atoms with Crippen molar-refractivity contribution in [3.8, 4) is 11.5 Å². The minimum atomic E-state index is -0.335. The van der Waals surface area contributed by atoms with Crippen molar-refractivity contribution in [1.82, 2.24) is 10.2 Å². The zero-order valence-electron chi connectivity index (χ0n) is 17.9. The first-order valence-corrected chi connectivity index (χ1v) is 10.5. The number of hydrogen-bond donors (Lipinski definition) is 1. The Morgan fingerprint density at radius 2 is 1.76 bits per heavy atom. The van der Waals surface area contributed by atoms with E-state index in [0.717, 1.165) is 37.7 Å². The minimum Gasteiger partial charge on any atom is -0.493 e. The van der Waals surface area contributed by atoms with E-state index in [1.807, 2.05) is 30.1 Å². The number of amides is 2. The van der Waals surface area contributed by atoms with Crippen LogP contribution in [0, 0.1) is 17.3 Å². The molecule has 4 aliphatic rings. The monoisotopic (exact) mass is 400 g/mol. The molecule has 0 spiro atoms. The number of nitrogens with zero attached hydrogens (tertiary/aromatic N) is 1. The van der Waals surface area contributed by atoms with E-state index in [4.69, 9.17) is 9.47 Å². The molecule has 2 atom stereocenters. The second-order valence-corrected chi connectivity index (χ2v) is 9.55. The maximum absolute atomic E-state index is 13.7. The Labute approximate surface area is 172 Å². The first-order chi connectivity index (χ1) is 13.8. The Bertz CT molecular complexity index is 807. The number of ether oxygens (including phenoxy) is 2. The fourth-order valence-corrected chi connectivity index (χ4v) is 6.76. The fourth-order valence-electron chi connectivity index (χ4n) is 6.76. The van der Waals surface area contributed by atoms with E-state index < -0.39 is 0 Å². The largest absolute Gasteiger partial charge is 0.493 e. The van der Waals surface area contributed by atoms with Gasteiger partial charge in [-0.2, -0.15) is 0 Å². The summed E-state index contributed by atoms with van der Waals surface area (Å²) in [5.41, 5.74) is 0.493. The summed E-state index contributed by atoms with van der Waals surface area (Å²) in [7, 11) is 5.13. The molecule has 4 bridgehead atoms. The van der Waals surface area contributed by atoms with E-state index in [2.05, 4.69) is 5.32 Å². The second kappa shape index (κ2) is 7.22. The molecule has 2 amide bonds. The lowest BCUT2D eigenvalue weighted by atomic mass is 9.46. The predicted molar refractivity (Wildman–Crippen MR) is 110 cm³/mol. The lowest BCUT2D eigenvalue weighted by Crippen LogP contribution is -2.65. The quantitative estimate of drug-likeness (QED) is 0.797. The summed E-state index contributed by atoms with van der Waals surface area (Å²) in [6.07, 6.45) is 5.95. The molecule has 0 radical (unpaired) electrons. The highest BCUT2D eigenvalue weighted by molar-refractivity contribution is 5.84. The SMILES string of the molecule is COc1ccc(CN(C)C(=O)C23C[C@H]4C[C@@H](CC(NC(C)=O)(C4)C2)C3)cc1OC. The first-order valence-electron chi connectivity index (χ1n) is 10.5. The van der Waals surface area contributed by atoms with Crippen LogP contribution < -0.4 is 14.8 Å². The Hall–Kier alpha value is -2.24. The number of methoxy groups -OCH3 is 2. The first kappa shape index (κ1) is 20.0. The van der Waals surface area contributed by atoms with Crippen molar-refractivity contribution in [1.29, 1.82) is 0 Å². The molecule has 29 heavy (non-hydrogen) atoms. The smallest absolute Gasteiger partial charge is 0.228 e. The van der Waals surface area contributed by atoms with Gasteiger partial charge in [0, 0.05) is 26.1 Å². The zero-order chi connectivity index (χ0) is 20.8. The summed E-state index contributed by atoms with van der Waals surface area (Å²) in [6.45, 7) is 2.12. The molecular weight excluding hydrogens is 368 g/mol. The van der Waals surface area contributed by atoms with E-state index in [9.17, 15) is 9.59 Å². The molecule has 6 nitrogen and oxygen atoms in total. The number of hydrogen-bond acceptors (Lipinski definition) is 4. The van der Waals surface area contributed by atoms with Gasteiger partial charge in [0.1, 0.15) is 0 Å². The maximum atomic E-state index is 13.7. The van der Waals surface area contributed by atoms with Crippen molar-refractivity contribution in [3.63, 3.8) is 0 Å². The van der Waals surface area contributed by atoms with Crippen LogP contribution in [0.25, 0.3) is 0 Å². The van der Waals surface area contributed by atoms with E-state index in [0.29, 0.717) is 29.9 Å². The highest BCUT2D eigenvalue weighted by Gasteiger charge is 2.61. The van der Waals surface area contributed by atoms with Crippen LogP contribution in [0.3, 0.4) is 0 Å². The van der Waals surface area contributed by atoms with Gasteiger partial charge in [0.25, 0.3) is 0 Å². The Morgan fingerprint density at radius 3 is 2.34 bits per heavy atom. The molecule has 0 aliphatic heterocycles. The molecule has 4 aliphatic carbocycles. The molecule has 1 N–H and O–H groups in total. The lowest BCUT2D eigenvalue weighted by molar-refractivity contribution is -0.162. The van der Waals surface area contributed by atoms with Crippen LogP contribution in [0.2, 0.25) is 0 Å². The number of carbonyl (C=O) groups excluding carboxylic acids is 2. The molecule has 0 saturated heterocycles. The summed E-state index contributed by atoms with van der Waals surface area (Å²) >= 11 is 0. The Morgan fingerprint density at radius 1 is 1.10 bits per heavy atom. The third-order valence-corrected chi connectivity index (χ3v) is 7.17. The van der Waals surface area contributed by atoms with Gasteiger partial charge in [-0.05, 0) is 68.1 Å². The van der Waals surface area contributed by atoms with Crippen molar-refractivity contribution in [2.45, 2.75) is 57.5 Å². The van der Waals surface area contributed by atoms with Crippen LogP contribution in [-0.2, 0) is 16.1 Å². The van der Waals surface area contributed by atoms with Crippen molar-refractivity contribution in [3.05, 3.63) is 23.8 Å². The minimum absolute atomic E-state index is 0.0215. The summed E-state index contributed by atoms with van der Waals surface area (Å²) in [6, 6.07) is 5.79. The van der Waals surface area contributed by atoms with E-state index in [1.165, 1.54) is 6.42 Å². The number of benzene rings is 1. The molecule has 1 aromatic carbocycles. The van der Waals surface area contributed by atoms with Gasteiger partial charge >= 0.3 is 0 Å². The van der Waals surface area contributed by atoms with Gasteiger partial charge in [-0.25, -0.2) is 0 Å². The van der Waals surface area contributed by atoms with Gasteiger partial charge in [0.2, 0.25) is 11.8 Å². The second-order valence-electron chi connectivity index (χ2n) is 9.55. The average molecular weight is 401 g/mol. The Kier molecular flexibility index (Phi) is 4.99. The molecule has 6 heteroatoms. The van der Waals surface area contributed by atoms with Crippen LogP contribution in [0.1, 0.15) is 51.0 Å². The summed E-state index contributed by atoms with van der Waals surface area (Å²) in [5.74, 6) is 2.68. The zero-order valence-corrected chi connectivity index (χ0v) is 17.9. The van der Waals surface area contributed by atoms with E-state index in [1.54, 1.807) is 21.1 Å². The van der Waals surface area contributed by atoms with Crippen LogP contribution in [-0.4, -0.2) is 43.5 Å². The van der Waals surface area contributed by atoms with E-state index >= 15 is 0 Å². The maximum Gasteiger partial charge on any atom is 0.228 e. The fraction of sp³-hybridized carbons (Fsp3) is 0.652. The standard InChI is InChI=1S/C23H32N2O4/c1-15(26)24-23-11-17-7-18(12-23)10-22(9-17,14-23)21(27)25(2)13-16-5-6-19(28-3)20(8-16)29-4/h5-6,8,17-18H,7,9-14H2,1-4H3,(H,24,26)/t17-,18-,22?,23?/m1/s1. The molecule has 158 valence electrons. The van der Waals surface area contributed by atoms with Crippen molar-refractivity contribution >= 4 is 11.8 Å². The third kappa shape index (κ3) is 3.58. The summed E-state index contributed by atoms with van der Waals surface area (Å²) in [4.78, 5) is 27.4. The molecule has 4 fully saturated rings. The molecule has 4 saturated carbocycles.